The van der Waals surface area contributed by atoms with Gasteiger partial charge in [-0.15, -0.1) is 5.10 Å². The number of anilines is 1. The van der Waals surface area contributed by atoms with Crippen LogP contribution in [0.3, 0.4) is 0 Å². The molecule has 4 aromatic rings. The number of benzene rings is 1. The van der Waals surface area contributed by atoms with Gasteiger partial charge in [0.05, 0.1) is 11.4 Å². The van der Waals surface area contributed by atoms with Gasteiger partial charge in [0.15, 0.2) is 6.61 Å². The molecule has 0 aliphatic carbocycles. The van der Waals surface area contributed by atoms with Crippen LogP contribution in [0.25, 0.3) is 16.6 Å². The van der Waals surface area contributed by atoms with E-state index in [1.165, 1.54) is 5.56 Å². The number of piperidine rings is 1. The van der Waals surface area contributed by atoms with E-state index in [1.807, 2.05) is 24.4 Å². The number of carbonyl (C=O) groups excluding carboxylic acids is 1. The van der Waals surface area contributed by atoms with Gasteiger partial charge in [0.2, 0.25) is 0 Å². The van der Waals surface area contributed by atoms with Crippen molar-refractivity contribution < 1.29 is 9.53 Å². The number of ether oxygens (including phenoxy) is 1. The van der Waals surface area contributed by atoms with Crippen LogP contribution in [0.2, 0.25) is 0 Å². The van der Waals surface area contributed by atoms with Gasteiger partial charge in [-0.25, -0.2) is 9.50 Å². The second-order valence-electron chi connectivity index (χ2n) is 7.97. The smallest absolute Gasteiger partial charge is 0.262 e. The molecular weight excluding hydrogens is 382 g/mol. The van der Waals surface area contributed by atoms with E-state index < -0.39 is 0 Å². The molecule has 1 saturated heterocycles. The Labute approximate surface area is 172 Å². The number of nitrogens with zero attached hydrogens (tertiary/aromatic N) is 5. The van der Waals surface area contributed by atoms with E-state index in [-0.39, 0.29) is 12.5 Å². The van der Waals surface area contributed by atoms with E-state index in [1.54, 1.807) is 10.8 Å². The van der Waals surface area contributed by atoms with Crippen molar-refractivity contribution in [3.8, 4) is 5.75 Å². The zero-order valence-electron chi connectivity index (χ0n) is 16.3. The maximum atomic E-state index is 11.6. The molecule has 2 aliphatic heterocycles. The summed E-state index contributed by atoms with van der Waals surface area (Å²) in [5, 5.41) is 12.7. The van der Waals surface area contributed by atoms with Crippen molar-refractivity contribution in [3.63, 3.8) is 0 Å². The summed E-state index contributed by atoms with van der Waals surface area (Å²) < 4.78 is 7.23. The summed E-state index contributed by atoms with van der Waals surface area (Å²) in [5.41, 5.74) is 4.93. The molecular formula is C21H21N7O2. The monoisotopic (exact) mass is 403 g/mol. The minimum Gasteiger partial charge on any atom is -0.482 e. The SMILES string of the molecule is O=C1COc2ccc(CN3CCC(c4nnn5cnc6[nH]ccc6c45)CC3)cc2N1. The highest BCUT2D eigenvalue weighted by Gasteiger charge is 2.26. The standard InChI is InChI=1S/C21H21N7O2/c29-18-11-30-17-2-1-13(9-16(17)24-18)10-27-7-4-14(5-8-27)19-20-15-3-6-22-21(15)23-12-28(20)26-25-19/h1-3,6,9,12,14,22H,4-5,7-8,10-11H2,(H,24,29). The molecule has 1 fully saturated rings. The molecule has 0 unspecified atom stereocenters. The fourth-order valence-electron chi connectivity index (χ4n) is 4.55. The van der Waals surface area contributed by atoms with Gasteiger partial charge in [-0.05, 0) is 49.7 Å². The van der Waals surface area contributed by atoms with Gasteiger partial charge in [-0.1, -0.05) is 11.3 Å². The Kier molecular flexibility index (Phi) is 3.95. The summed E-state index contributed by atoms with van der Waals surface area (Å²) in [5.74, 6) is 1.02. The van der Waals surface area contributed by atoms with Crippen molar-refractivity contribution in [2.24, 2.45) is 0 Å². The summed E-state index contributed by atoms with van der Waals surface area (Å²) in [6, 6.07) is 8.07. The maximum Gasteiger partial charge on any atom is 0.262 e. The summed E-state index contributed by atoms with van der Waals surface area (Å²) in [6.45, 7) is 2.92. The van der Waals surface area contributed by atoms with E-state index in [0.29, 0.717) is 5.92 Å². The molecule has 0 spiro atoms. The van der Waals surface area contributed by atoms with Crippen LogP contribution in [0, 0.1) is 0 Å². The highest BCUT2D eigenvalue weighted by molar-refractivity contribution is 5.95. The lowest BCUT2D eigenvalue weighted by Gasteiger charge is -2.31. The number of amides is 1. The molecule has 5 heterocycles. The van der Waals surface area contributed by atoms with E-state index in [0.717, 1.165) is 66.2 Å². The van der Waals surface area contributed by atoms with Crippen molar-refractivity contribution in [1.29, 1.82) is 0 Å². The number of rotatable bonds is 3. The van der Waals surface area contributed by atoms with Crippen LogP contribution in [-0.4, -0.2) is 55.3 Å². The molecule has 3 aromatic heterocycles. The van der Waals surface area contributed by atoms with Gasteiger partial charge in [0.1, 0.15) is 23.2 Å². The Hall–Kier alpha value is -3.46. The molecule has 2 aliphatic rings. The number of carbonyl (C=O) groups is 1. The normalized spacial score (nSPS) is 17.8. The summed E-state index contributed by atoms with van der Waals surface area (Å²) in [6.07, 6.45) is 5.70. The topological polar surface area (TPSA) is 100 Å². The molecule has 9 heteroatoms. The van der Waals surface area contributed by atoms with Crippen LogP contribution >= 0.6 is 0 Å². The summed E-state index contributed by atoms with van der Waals surface area (Å²) >= 11 is 0. The number of aromatic amines is 1. The van der Waals surface area contributed by atoms with Crippen molar-refractivity contribution in [2.75, 3.05) is 25.0 Å². The fourth-order valence-corrected chi connectivity index (χ4v) is 4.55. The lowest BCUT2D eigenvalue weighted by Crippen LogP contribution is -2.32. The van der Waals surface area contributed by atoms with E-state index in [4.69, 9.17) is 4.74 Å². The van der Waals surface area contributed by atoms with Gasteiger partial charge in [-0.3, -0.25) is 9.69 Å². The number of nitrogens with one attached hydrogen (secondary N) is 2. The quantitative estimate of drug-likeness (QED) is 0.545. The molecule has 1 aromatic carbocycles. The van der Waals surface area contributed by atoms with Crippen molar-refractivity contribution in [3.05, 3.63) is 48.0 Å². The first-order valence-corrected chi connectivity index (χ1v) is 10.2. The molecule has 0 saturated carbocycles. The molecule has 1 amide bonds. The largest absolute Gasteiger partial charge is 0.482 e. The van der Waals surface area contributed by atoms with Crippen molar-refractivity contribution in [1.82, 2.24) is 29.7 Å². The van der Waals surface area contributed by atoms with Crippen LogP contribution in [0.1, 0.15) is 30.0 Å². The fraction of sp³-hybridized carbons (Fsp3) is 0.333. The first-order chi connectivity index (χ1) is 14.7. The predicted octanol–water partition coefficient (Wildman–Crippen LogP) is 2.32. The molecule has 0 bridgehead atoms. The number of likely N-dealkylation sites (tertiary alicyclic amines) is 1. The van der Waals surface area contributed by atoms with Crippen LogP contribution in [0.15, 0.2) is 36.8 Å². The lowest BCUT2D eigenvalue weighted by molar-refractivity contribution is -0.118. The van der Waals surface area contributed by atoms with Crippen molar-refractivity contribution in [2.45, 2.75) is 25.3 Å². The molecule has 0 radical (unpaired) electrons. The van der Waals surface area contributed by atoms with Crippen LogP contribution in [0.4, 0.5) is 5.69 Å². The average Bonchev–Trinajstić information content (AvgIpc) is 3.40. The number of H-pyrrole nitrogens is 1. The third kappa shape index (κ3) is 2.89. The van der Waals surface area contributed by atoms with Crippen LogP contribution in [-0.2, 0) is 11.3 Å². The van der Waals surface area contributed by atoms with E-state index in [2.05, 4.69) is 36.6 Å². The van der Waals surface area contributed by atoms with Gasteiger partial charge in [-0.2, -0.15) is 0 Å². The van der Waals surface area contributed by atoms with Crippen molar-refractivity contribution >= 4 is 28.1 Å². The summed E-state index contributed by atoms with van der Waals surface area (Å²) in [7, 11) is 0. The van der Waals surface area contributed by atoms with Gasteiger partial charge >= 0.3 is 0 Å². The molecule has 30 heavy (non-hydrogen) atoms. The third-order valence-corrected chi connectivity index (χ3v) is 6.05. The predicted molar refractivity (Wildman–Crippen MR) is 110 cm³/mol. The van der Waals surface area contributed by atoms with Gasteiger partial charge < -0.3 is 15.0 Å². The Bertz CT molecular complexity index is 1250. The Morgan fingerprint density at radius 2 is 2.10 bits per heavy atom. The second kappa shape index (κ2) is 6.81. The minimum absolute atomic E-state index is 0.0859. The first kappa shape index (κ1) is 17.4. The molecule has 9 nitrogen and oxygen atoms in total. The average molecular weight is 403 g/mol. The minimum atomic E-state index is -0.104. The van der Waals surface area contributed by atoms with Gasteiger partial charge in [0.25, 0.3) is 5.91 Å². The Morgan fingerprint density at radius 1 is 1.20 bits per heavy atom. The third-order valence-electron chi connectivity index (χ3n) is 6.05. The second-order valence-corrected chi connectivity index (χ2v) is 7.97. The molecule has 0 atom stereocenters. The number of hydrogen-bond acceptors (Lipinski definition) is 6. The van der Waals surface area contributed by atoms with Gasteiger partial charge in [0, 0.05) is 24.0 Å². The molecule has 2 N–H and O–H groups in total. The van der Waals surface area contributed by atoms with Crippen LogP contribution < -0.4 is 10.1 Å². The Morgan fingerprint density at radius 3 is 3.00 bits per heavy atom. The number of aromatic nitrogens is 5. The lowest BCUT2D eigenvalue weighted by atomic mass is 9.92. The maximum absolute atomic E-state index is 11.6. The zero-order chi connectivity index (χ0) is 20.1. The zero-order valence-corrected chi connectivity index (χ0v) is 16.3. The molecule has 6 rings (SSSR count). The van der Waals surface area contributed by atoms with E-state index >= 15 is 0 Å². The highest BCUT2D eigenvalue weighted by Crippen LogP contribution is 2.33. The van der Waals surface area contributed by atoms with E-state index in [9.17, 15) is 4.79 Å². The number of fused-ring (bicyclic) bond motifs is 4. The number of hydrogen-bond donors (Lipinski definition) is 2. The Balaban J connectivity index is 1.18. The molecule has 152 valence electrons. The summed E-state index contributed by atoms with van der Waals surface area (Å²) in [4.78, 5) is 21.6. The first-order valence-electron chi connectivity index (χ1n) is 10.2. The van der Waals surface area contributed by atoms with Crippen LogP contribution in [0.5, 0.6) is 5.75 Å². The highest BCUT2D eigenvalue weighted by atomic mass is 16.5.